The quantitative estimate of drug-likeness (QED) is 0.528. The molecule has 0 aliphatic heterocycles. The number of amides is 3. The molecule has 3 amide bonds. The van der Waals surface area contributed by atoms with E-state index >= 15 is 0 Å². The summed E-state index contributed by atoms with van der Waals surface area (Å²) in [6.45, 7) is 7.50. The van der Waals surface area contributed by atoms with Gasteiger partial charge in [0.2, 0.25) is 17.7 Å². The van der Waals surface area contributed by atoms with Crippen molar-refractivity contribution < 1.29 is 18.6 Å². The molecule has 7 nitrogen and oxygen atoms in total. The fourth-order valence-corrected chi connectivity index (χ4v) is 5.36. The van der Waals surface area contributed by atoms with Crippen molar-refractivity contribution in [3.63, 3.8) is 0 Å². The zero-order valence-electron chi connectivity index (χ0n) is 21.6. The van der Waals surface area contributed by atoms with Crippen molar-refractivity contribution in [2.24, 2.45) is 0 Å². The summed E-state index contributed by atoms with van der Waals surface area (Å²) in [5.41, 5.74) is 4.16. The van der Waals surface area contributed by atoms with Gasteiger partial charge < -0.3 is 10.6 Å². The standard InChI is InChI=1S/C28H37N3O4S/c1-19-13-15-24(16-14-19)29-26(32)17-36(35)18-27(33)31(25-12-8-9-20(2)21(25)3)22(4)28(34)30-23-10-6-5-7-11-23/h8-9,12-16,22-23H,5-7,10-11,17-18H2,1-4H3,(H,29,32)(H,30,34)/t22-,36+/m0/s1. The van der Waals surface area contributed by atoms with Crippen LogP contribution in [0.2, 0.25) is 0 Å². The summed E-state index contributed by atoms with van der Waals surface area (Å²) in [6.07, 6.45) is 5.23. The zero-order chi connectivity index (χ0) is 26.2. The van der Waals surface area contributed by atoms with Gasteiger partial charge in [0.15, 0.2) is 0 Å². The maximum absolute atomic E-state index is 13.5. The Hall–Kier alpha value is -3.00. The maximum Gasteiger partial charge on any atom is 0.243 e. The van der Waals surface area contributed by atoms with Crippen molar-refractivity contribution in [2.45, 2.75) is 71.9 Å². The Balaban J connectivity index is 1.72. The Bertz CT molecular complexity index is 1110. The molecule has 0 heterocycles. The van der Waals surface area contributed by atoms with E-state index in [1.807, 2.05) is 45.0 Å². The van der Waals surface area contributed by atoms with Crippen LogP contribution in [0.1, 0.15) is 55.7 Å². The van der Waals surface area contributed by atoms with Gasteiger partial charge >= 0.3 is 0 Å². The lowest BCUT2D eigenvalue weighted by Crippen LogP contribution is -2.52. The lowest BCUT2D eigenvalue weighted by atomic mass is 9.95. The third-order valence-electron chi connectivity index (χ3n) is 6.73. The van der Waals surface area contributed by atoms with Crippen molar-refractivity contribution in [3.05, 3.63) is 59.2 Å². The van der Waals surface area contributed by atoms with Crippen LogP contribution in [0, 0.1) is 20.8 Å². The van der Waals surface area contributed by atoms with E-state index in [2.05, 4.69) is 10.6 Å². The fourth-order valence-electron chi connectivity index (χ4n) is 4.48. The number of nitrogens with one attached hydrogen (secondary N) is 2. The van der Waals surface area contributed by atoms with E-state index in [1.165, 1.54) is 11.3 Å². The number of rotatable bonds is 9. The molecule has 0 bridgehead atoms. The first-order valence-corrected chi connectivity index (χ1v) is 14.0. The van der Waals surface area contributed by atoms with Crippen molar-refractivity contribution >= 4 is 39.9 Å². The summed E-state index contributed by atoms with van der Waals surface area (Å²) in [6, 6.07) is 12.2. The van der Waals surface area contributed by atoms with Gasteiger partial charge in [-0.2, -0.15) is 0 Å². The summed E-state index contributed by atoms with van der Waals surface area (Å²) >= 11 is 0. The van der Waals surface area contributed by atoms with E-state index in [4.69, 9.17) is 0 Å². The van der Waals surface area contributed by atoms with Crippen molar-refractivity contribution in [1.82, 2.24) is 5.32 Å². The van der Waals surface area contributed by atoms with Crippen LogP contribution in [0.4, 0.5) is 11.4 Å². The highest BCUT2D eigenvalue weighted by molar-refractivity contribution is 7.86. The molecule has 0 spiro atoms. The minimum absolute atomic E-state index is 0.115. The second kappa shape index (κ2) is 12.8. The molecule has 2 atom stereocenters. The van der Waals surface area contributed by atoms with Gasteiger partial charge in [-0.3, -0.25) is 23.5 Å². The van der Waals surface area contributed by atoms with Gasteiger partial charge in [-0.25, -0.2) is 0 Å². The Morgan fingerprint density at radius 2 is 1.64 bits per heavy atom. The Labute approximate surface area is 216 Å². The van der Waals surface area contributed by atoms with Crippen LogP contribution in [0.3, 0.4) is 0 Å². The summed E-state index contributed by atoms with van der Waals surface area (Å²) in [4.78, 5) is 40.5. The van der Waals surface area contributed by atoms with Gasteiger partial charge in [-0.15, -0.1) is 0 Å². The highest BCUT2D eigenvalue weighted by Crippen LogP contribution is 2.26. The molecule has 3 rings (SSSR count). The van der Waals surface area contributed by atoms with Crippen molar-refractivity contribution in [2.75, 3.05) is 21.7 Å². The van der Waals surface area contributed by atoms with Crippen LogP contribution < -0.4 is 15.5 Å². The molecule has 2 aromatic carbocycles. The Morgan fingerprint density at radius 3 is 2.31 bits per heavy atom. The van der Waals surface area contributed by atoms with Crippen molar-refractivity contribution in [3.8, 4) is 0 Å². The van der Waals surface area contributed by atoms with Crippen LogP contribution in [0.15, 0.2) is 42.5 Å². The number of benzene rings is 2. The molecule has 36 heavy (non-hydrogen) atoms. The van der Waals surface area contributed by atoms with Crippen LogP contribution in [0.25, 0.3) is 0 Å². The summed E-state index contributed by atoms with van der Waals surface area (Å²) in [7, 11) is -1.74. The highest BCUT2D eigenvalue weighted by Gasteiger charge is 2.31. The predicted molar refractivity (Wildman–Crippen MR) is 146 cm³/mol. The number of carbonyl (C=O) groups excluding carboxylic acids is 3. The first-order valence-electron chi connectivity index (χ1n) is 12.6. The fraction of sp³-hybridized carbons (Fsp3) is 0.464. The van der Waals surface area contributed by atoms with Crippen LogP contribution in [0.5, 0.6) is 0 Å². The first-order chi connectivity index (χ1) is 17.2. The zero-order valence-corrected chi connectivity index (χ0v) is 22.5. The van der Waals surface area contributed by atoms with E-state index in [9.17, 15) is 18.6 Å². The molecule has 0 saturated heterocycles. The largest absolute Gasteiger partial charge is 0.352 e. The first kappa shape index (κ1) is 27.6. The van der Waals surface area contributed by atoms with E-state index in [0.29, 0.717) is 11.4 Å². The highest BCUT2D eigenvalue weighted by atomic mass is 32.2. The van der Waals surface area contributed by atoms with Gasteiger partial charge in [0, 0.05) is 28.2 Å². The van der Waals surface area contributed by atoms with Crippen LogP contribution in [-0.2, 0) is 25.2 Å². The number of anilines is 2. The molecule has 0 radical (unpaired) electrons. The number of hydrogen-bond acceptors (Lipinski definition) is 4. The van der Waals surface area contributed by atoms with Gasteiger partial charge in [0.05, 0.1) is 0 Å². The monoisotopic (exact) mass is 511 g/mol. The summed E-state index contributed by atoms with van der Waals surface area (Å²) in [5, 5.41) is 5.82. The molecule has 0 unspecified atom stereocenters. The van der Waals surface area contributed by atoms with Gasteiger partial charge in [0.25, 0.3) is 0 Å². The molecule has 1 aliphatic carbocycles. The molecule has 8 heteroatoms. The molecule has 2 N–H and O–H groups in total. The average Bonchev–Trinajstić information content (AvgIpc) is 2.83. The number of hydrogen-bond donors (Lipinski definition) is 2. The van der Waals surface area contributed by atoms with Crippen LogP contribution >= 0.6 is 0 Å². The smallest absolute Gasteiger partial charge is 0.243 e. The summed E-state index contributed by atoms with van der Waals surface area (Å²) in [5.74, 6) is -1.75. The molecule has 0 aromatic heterocycles. The molecule has 1 saturated carbocycles. The summed E-state index contributed by atoms with van der Waals surface area (Å²) < 4.78 is 12.8. The SMILES string of the molecule is Cc1ccc(NC(=O)C[S@@](=O)CC(=O)N(c2cccc(C)c2C)[C@@H](C)C(=O)NC2CCCCC2)cc1. The predicted octanol–water partition coefficient (Wildman–Crippen LogP) is 4.17. The molecule has 1 aliphatic rings. The maximum atomic E-state index is 13.5. The molecule has 1 fully saturated rings. The third-order valence-corrected chi connectivity index (χ3v) is 7.89. The Morgan fingerprint density at radius 1 is 0.972 bits per heavy atom. The number of carbonyl (C=O) groups is 3. The van der Waals surface area contributed by atoms with E-state index in [0.717, 1.165) is 42.4 Å². The number of nitrogens with zero attached hydrogens (tertiary/aromatic N) is 1. The van der Waals surface area contributed by atoms with E-state index < -0.39 is 28.7 Å². The minimum Gasteiger partial charge on any atom is -0.352 e. The number of aryl methyl sites for hydroxylation is 2. The van der Waals surface area contributed by atoms with E-state index in [-0.39, 0.29) is 23.5 Å². The van der Waals surface area contributed by atoms with Gasteiger partial charge in [-0.1, -0.05) is 49.1 Å². The van der Waals surface area contributed by atoms with Gasteiger partial charge in [-0.05, 0) is 69.9 Å². The molecular weight excluding hydrogens is 474 g/mol. The van der Waals surface area contributed by atoms with Crippen molar-refractivity contribution in [1.29, 1.82) is 0 Å². The lowest BCUT2D eigenvalue weighted by molar-refractivity contribution is -0.126. The van der Waals surface area contributed by atoms with Crippen LogP contribution in [-0.4, -0.2) is 45.5 Å². The normalized spacial score (nSPS) is 15.6. The van der Waals surface area contributed by atoms with Gasteiger partial charge in [0.1, 0.15) is 17.5 Å². The molecular formula is C28H37N3O4S. The topological polar surface area (TPSA) is 95.6 Å². The second-order valence-electron chi connectivity index (χ2n) is 9.64. The minimum atomic E-state index is -1.74. The molecule has 194 valence electrons. The van der Waals surface area contributed by atoms with E-state index in [1.54, 1.807) is 25.1 Å². The molecule has 2 aromatic rings. The average molecular weight is 512 g/mol. The third kappa shape index (κ3) is 7.50. The Kier molecular flexibility index (Phi) is 9.81. The lowest BCUT2D eigenvalue weighted by Gasteiger charge is -2.32. The second-order valence-corrected chi connectivity index (χ2v) is 11.1.